The minimum absolute atomic E-state index is 0.00191. The van der Waals surface area contributed by atoms with Gasteiger partial charge in [0.05, 0.1) is 27.9 Å². The summed E-state index contributed by atoms with van der Waals surface area (Å²) in [6, 6.07) is 17.0. The minimum Gasteiger partial charge on any atom is -0.379 e. The summed E-state index contributed by atoms with van der Waals surface area (Å²) in [4.78, 5) is 27.6. The fourth-order valence-corrected chi connectivity index (χ4v) is 3.59. The molecule has 5 aromatic rings. The maximum atomic E-state index is 12.7. The van der Waals surface area contributed by atoms with E-state index in [0.717, 1.165) is 0 Å². The van der Waals surface area contributed by atoms with E-state index >= 15 is 0 Å². The lowest BCUT2D eigenvalue weighted by Crippen LogP contribution is -2.23. The first-order chi connectivity index (χ1) is 17.0. The van der Waals surface area contributed by atoms with Gasteiger partial charge in [0.15, 0.2) is 17.3 Å². The van der Waals surface area contributed by atoms with Crippen molar-refractivity contribution >= 4 is 34.7 Å². The van der Waals surface area contributed by atoms with Crippen LogP contribution in [0.15, 0.2) is 76.6 Å². The minimum atomic E-state index is -0.459. The Hall–Kier alpha value is -5.33. The van der Waals surface area contributed by atoms with Crippen LogP contribution in [0.2, 0.25) is 0 Å². The van der Waals surface area contributed by atoms with Crippen molar-refractivity contribution in [3.63, 3.8) is 0 Å². The summed E-state index contributed by atoms with van der Waals surface area (Å²) in [6.07, 6.45) is 3.26. The van der Waals surface area contributed by atoms with Gasteiger partial charge in [0.25, 0.3) is 11.6 Å². The predicted octanol–water partition coefficient (Wildman–Crippen LogP) is 2.52. The van der Waals surface area contributed by atoms with Crippen LogP contribution in [0.3, 0.4) is 0 Å². The van der Waals surface area contributed by atoms with Gasteiger partial charge in [0, 0.05) is 24.0 Å². The number of hydrogen-bond acceptors (Lipinski definition) is 9. The first-order valence-electron chi connectivity index (χ1n) is 10.3. The molecule has 0 aliphatic carbocycles. The molecule has 174 valence electrons. The van der Waals surface area contributed by atoms with Gasteiger partial charge >= 0.3 is 0 Å². The molecule has 35 heavy (non-hydrogen) atoms. The number of nitro groups is 1. The summed E-state index contributed by atoms with van der Waals surface area (Å²) < 4.78 is 8.12. The van der Waals surface area contributed by atoms with Gasteiger partial charge in [-0.25, -0.2) is 15.0 Å². The number of anilines is 1. The van der Waals surface area contributed by atoms with E-state index < -0.39 is 10.8 Å². The van der Waals surface area contributed by atoms with Crippen LogP contribution in [0, 0.1) is 10.1 Å². The number of hydrazone groups is 1. The zero-order valence-electron chi connectivity index (χ0n) is 18.0. The van der Waals surface area contributed by atoms with Crippen molar-refractivity contribution in [1.29, 1.82) is 0 Å². The van der Waals surface area contributed by atoms with Crippen molar-refractivity contribution < 1.29 is 14.3 Å². The number of nitrogens with one attached hydrogen (secondary N) is 1. The number of nitrogens with two attached hydrogens (primary N) is 1. The van der Waals surface area contributed by atoms with Crippen molar-refractivity contribution in [2.45, 2.75) is 6.54 Å². The van der Waals surface area contributed by atoms with Gasteiger partial charge in [-0.05, 0) is 46.7 Å². The monoisotopic (exact) mass is 471 g/mol. The first kappa shape index (κ1) is 21.5. The predicted molar refractivity (Wildman–Crippen MR) is 126 cm³/mol. The van der Waals surface area contributed by atoms with Gasteiger partial charge < -0.3 is 14.9 Å². The molecule has 13 nitrogen and oxygen atoms in total. The Morgan fingerprint density at radius 2 is 1.94 bits per heavy atom. The number of para-hydroxylation sites is 2. The second-order valence-electron chi connectivity index (χ2n) is 7.38. The number of rotatable bonds is 7. The number of hydrogen-bond donors (Lipinski definition) is 2. The summed E-state index contributed by atoms with van der Waals surface area (Å²) >= 11 is 0. The molecule has 0 atom stereocenters. The zero-order chi connectivity index (χ0) is 24.4. The van der Waals surface area contributed by atoms with Crippen LogP contribution in [0.1, 0.15) is 5.69 Å². The number of aromatic nitrogens is 5. The van der Waals surface area contributed by atoms with Gasteiger partial charge in [0.2, 0.25) is 0 Å². The lowest BCUT2D eigenvalue weighted by atomic mass is 10.3. The number of benzene rings is 2. The van der Waals surface area contributed by atoms with Gasteiger partial charge in [0.1, 0.15) is 6.54 Å². The molecule has 3 heterocycles. The second kappa shape index (κ2) is 8.90. The molecule has 1 amide bonds. The number of carbonyl (C=O) groups excluding carboxylic acids is 1. The molecule has 3 aromatic heterocycles. The van der Waals surface area contributed by atoms with Crippen LogP contribution < -0.4 is 11.2 Å². The van der Waals surface area contributed by atoms with Crippen LogP contribution in [0.5, 0.6) is 0 Å². The van der Waals surface area contributed by atoms with E-state index in [-0.39, 0.29) is 23.7 Å². The summed E-state index contributed by atoms with van der Waals surface area (Å²) in [5, 5.41) is 22.3. The molecule has 13 heteroatoms. The van der Waals surface area contributed by atoms with Crippen molar-refractivity contribution in [2.75, 3.05) is 5.73 Å². The Balaban J connectivity index is 1.34. The smallest absolute Gasteiger partial charge is 0.269 e. The number of carbonyl (C=O) groups is 1. The summed E-state index contributed by atoms with van der Waals surface area (Å²) in [5.74, 6) is -0.00256. The molecule has 0 aliphatic heterocycles. The van der Waals surface area contributed by atoms with Crippen LogP contribution >= 0.6 is 0 Å². The Bertz CT molecular complexity index is 1560. The Labute approximate surface area is 196 Å². The number of nitrogen functional groups attached to an aromatic ring is 1. The van der Waals surface area contributed by atoms with Crippen molar-refractivity contribution in [2.24, 2.45) is 5.10 Å². The van der Waals surface area contributed by atoms with Gasteiger partial charge in [-0.2, -0.15) is 5.10 Å². The van der Waals surface area contributed by atoms with Crippen LogP contribution in [0.4, 0.5) is 11.5 Å². The van der Waals surface area contributed by atoms with Crippen molar-refractivity contribution in [3.8, 4) is 17.2 Å². The van der Waals surface area contributed by atoms with E-state index in [2.05, 4.69) is 30.5 Å². The van der Waals surface area contributed by atoms with Gasteiger partial charge in [-0.1, -0.05) is 12.1 Å². The summed E-state index contributed by atoms with van der Waals surface area (Å²) in [7, 11) is 0. The molecular weight excluding hydrogens is 454 g/mol. The van der Waals surface area contributed by atoms with Crippen LogP contribution in [-0.2, 0) is 11.3 Å². The molecule has 0 radical (unpaired) electrons. The largest absolute Gasteiger partial charge is 0.379 e. The third kappa shape index (κ3) is 4.20. The fourth-order valence-electron chi connectivity index (χ4n) is 3.59. The Morgan fingerprint density at radius 3 is 2.69 bits per heavy atom. The highest BCUT2D eigenvalue weighted by Crippen LogP contribution is 2.26. The normalized spacial score (nSPS) is 11.3. The molecule has 0 saturated heterocycles. The highest BCUT2D eigenvalue weighted by atomic mass is 16.6. The zero-order valence-corrected chi connectivity index (χ0v) is 18.0. The average Bonchev–Trinajstić information content (AvgIpc) is 3.58. The third-order valence-electron chi connectivity index (χ3n) is 5.19. The number of fused-ring (bicyclic) bond motifs is 1. The molecule has 0 spiro atoms. The number of non-ortho nitro benzene ring substituents is 1. The second-order valence-corrected chi connectivity index (χ2v) is 7.38. The standard InChI is InChI=1S/C22H17N9O4/c23-21-20(27-35-28-21)22-25-17-5-1-2-6-18(17)30(22)13-19(32)26-24-12-16-4-3-11-29(16)14-7-9-15(10-8-14)31(33)34/h1-12H,13H2,(H2,23,28)(H,26,32)/b24-12-. The van der Waals surface area contributed by atoms with E-state index in [0.29, 0.717) is 28.2 Å². The number of amides is 1. The average molecular weight is 471 g/mol. The SMILES string of the molecule is Nc1nonc1-c1nc2ccccc2n1CC(=O)N/N=C\c1cccn1-c1ccc([N+](=O)[O-])cc1. The van der Waals surface area contributed by atoms with Crippen molar-refractivity contribution in [3.05, 3.63) is 82.7 Å². The Morgan fingerprint density at radius 1 is 1.14 bits per heavy atom. The molecule has 3 N–H and O–H groups in total. The Kier molecular flexibility index (Phi) is 5.47. The van der Waals surface area contributed by atoms with Crippen LogP contribution in [0.25, 0.3) is 28.2 Å². The van der Waals surface area contributed by atoms with Gasteiger partial charge in [-0.3, -0.25) is 14.9 Å². The topological polar surface area (TPSA) is 172 Å². The quantitative estimate of drug-likeness (QED) is 0.207. The highest BCUT2D eigenvalue weighted by molar-refractivity contribution is 5.86. The number of imidazole rings is 1. The number of nitro benzene ring substituents is 1. The van der Waals surface area contributed by atoms with E-state index in [1.54, 1.807) is 45.7 Å². The van der Waals surface area contributed by atoms with E-state index in [9.17, 15) is 14.9 Å². The number of nitrogens with zero attached hydrogens (tertiary/aromatic N) is 7. The molecule has 2 aromatic carbocycles. The molecule has 0 bridgehead atoms. The fraction of sp³-hybridized carbons (Fsp3) is 0.0455. The molecule has 0 aliphatic rings. The molecule has 0 unspecified atom stereocenters. The van der Waals surface area contributed by atoms with E-state index in [4.69, 9.17) is 5.73 Å². The maximum absolute atomic E-state index is 12.7. The van der Waals surface area contributed by atoms with Crippen molar-refractivity contribution in [1.82, 2.24) is 29.9 Å². The summed E-state index contributed by atoms with van der Waals surface area (Å²) in [6.45, 7) is -0.108. The lowest BCUT2D eigenvalue weighted by Gasteiger charge is -2.07. The maximum Gasteiger partial charge on any atom is 0.269 e. The van der Waals surface area contributed by atoms with E-state index in [1.165, 1.54) is 18.3 Å². The molecule has 0 fully saturated rings. The van der Waals surface area contributed by atoms with Gasteiger partial charge in [-0.15, -0.1) is 0 Å². The first-order valence-corrected chi connectivity index (χ1v) is 10.3. The highest BCUT2D eigenvalue weighted by Gasteiger charge is 2.20. The molecule has 5 rings (SSSR count). The third-order valence-corrected chi connectivity index (χ3v) is 5.19. The van der Waals surface area contributed by atoms with Crippen LogP contribution in [-0.4, -0.2) is 41.5 Å². The molecular formula is C22H17N9O4. The lowest BCUT2D eigenvalue weighted by molar-refractivity contribution is -0.384. The van der Waals surface area contributed by atoms with E-state index in [1.807, 2.05) is 18.2 Å². The summed E-state index contributed by atoms with van der Waals surface area (Å²) in [5.41, 5.74) is 11.3. The molecule has 0 saturated carbocycles.